The molecule has 0 amide bonds. The maximum Gasteiger partial charge on any atom is 0.303 e. The Balaban J connectivity index is 2.19. The number of non-ortho nitro benzene ring substituents is 1. The predicted molar refractivity (Wildman–Crippen MR) is 72.1 cm³/mol. The summed E-state index contributed by atoms with van der Waals surface area (Å²) in [5.41, 5.74) is 3.34. The molecule has 20 heavy (non-hydrogen) atoms. The standard InChI is InChI=1S/C15H11NO4/c1-9(17)20-15-13-5-3-2-4-11(13)12-7-6-10(16(18)19)8-14(12)15/h2-8,15H,1H3/t15-/m0/s1. The third kappa shape index (κ3) is 1.84. The van der Waals surface area contributed by atoms with Gasteiger partial charge in [0.15, 0.2) is 6.10 Å². The fraction of sp³-hybridized carbons (Fsp3) is 0.133. The van der Waals surface area contributed by atoms with Crippen molar-refractivity contribution in [3.63, 3.8) is 0 Å². The Bertz CT molecular complexity index is 724. The second-order valence-electron chi connectivity index (χ2n) is 4.61. The van der Waals surface area contributed by atoms with Crippen molar-refractivity contribution < 1.29 is 14.5 Å². The van der Waals surface area contributed by atoms with Crippen LogP contribution in [0.1, 0.15) is 24.2 Å². The lowest BCUT2D eigenvalue weighted by Crippen LogP contribution is -2.07. The van der Waals surface area contributed by atoms with E-state index in [1.54, 1.807) is 6.07 Å². The lowest BCUT2D eigenvalue weighted by Gasteiger charge is -2.13. The summed E-state index contributed by atoms with van der Waals surface area (Å²) in [6, 6.07) is 12.2. The molecular weight excluding hydrogens is 258 g/mol. The molecular formula is C15H11NO4. The fourth-order valence-electron chi connectivity index (χ4n) is 2.56. The van der Waals surface area contributed by atoms with Gasteiger partial charge in [0.05, 0.1) is 4.92 Å². The lowest BCUT2D eigenvalue weighted by molar-refractivity contribution is -0.384. The van der Waals surface area contributed by atoms with Crippen molar-refractivity contribution in [2.24, 2.45) is 0 Å². The first kappa shape index (κ1) is 12.3. The maximum absolute atomic E-state index is 11.3. The van der Waals surface area contributed by atoms with Gasteiger partial charge in [0, 0.05) is 30.2 Å². The minimum Gasteiger partial charge on any atom is -0.453 e. The number of hydrogen-bond acceptors (Lipinski definition) is 4. The molecule has 5 heteroatoms. The summed E-state index contributed by atoms with van der Waals surface area (Å²) in [6.07, 6.45) is -0.571. The van der Waals surface area contributed by atoms with Gasteiger partial charge in [-0.05, 0) is 17.2 Å². The molecule has 2 aromatic rings. The molecule has 1 aliphatic carbocycles. The highest BCUT2D eigenvalue weighted by Crippen LogP contribution is 2.46. The first-order chi connectivity index (χ1) is 9.58. The van der Waals surface area contributed by atoms with E-state index in [-0.39, 0.29) is 5.69 Å². The van der Waals surface area contributed by atoms with Crippen LogP contribution >= 0.6 is 0 Å². The molecule has 0 aliphatic heterocycles. The van der Waals surface area contributed by atoms with E-state index in [0.717, 1.165) is 16.7 Å². The molecule has 0 fully saturated rings. The number of ether oxygens (including phenoxy) is 1. The number of esters is 1. The van der Waals surface area contributed by atoms with Crippen molar-refractivity contribution in [1.82, 2.24) is 0 Å². The molecule has 0 saturated heterocycles. The van der Waals surface area contributed by atoms with Crippen LogP contribution in [-0.4, -0.2) is 10.9 Å². The fourth-order valence-corrected chi connectivity index (χ4v) is 2.56. The highest BCUT2D eigenvalue weighted by Gasteiger charge is 2.32. The number of nitro groups is 1. The average molecular weight is 269 g/mol. The van der Waals surface area contributed by atoms with Gasteiger partial charge in [-0.2, -0.15) is 0 Å². The molecule has 2 aromatic carbocycles. The Morgan fingerprint density at radius 3 is 2.55 bits per heavy atom. The Hall–Kier alpha value is -2.69. The van der Waals surface area contributed by atoms with E-state index in [4.69, 9.17) is 4.74 Å². The van der Waals surface area contributed by atoms with E-state index in [1.165, 1.54) is 19.1 Å². The van der Waals surface area contributed by atoms with Gasteiger partial charge in [-0.25, -0.2) is 0 Å². The number of rotatable bonds is 2. The largest absolute Gasteiger partial charge is 0.453 e. The van der Waals surface area contributed by atoms with Crippen molar-refractivity contribution in [3.8, 4) is 11.1 Å². The van der Waals surface area contributed by atoms with Crippen molar-refractivity contribution in [2.75, 3.05) is 0 Å². The molecule has 0 unspecified atom stereocenters. The Labute approximate surface area is 115 Å². The van der Waals surface area contributed by atoms with Crippen LogP contribution in [0, 0.1) is 10.1 Å². The summed E-state index contributed by atoms with van der Waals surface area (Å²) in [5.74, 6) is -0.413. The first-order valence-electron chi connectivity index (χ1n) is 6.13. The molecule has 3 rings (SSSR count). The molecule has 0 aromatic heterocycles. The van der Waals surface area contributed by atoms with Crippen molar-refractivity contribution >= 4 is 11.7 Å². The summed E-state index contributed by atoms with van der Waals surface area (Å²) >= 11 is 0. The number of nitro benzene ring substituents is 1. The smallest absolute Gasteiger partial charge is 0.303 e. The van der Waals surface area contributed by atoms with Gasteiger partial charge < -0.3 is 4.74 Å². The normalized spacial score (nSPS) is 15.3. The van der Waals surface area contributed by atoms with E-state index in [9.17, 15) is 14.9 Å². The third-order valence-corrected chi connectivity index (χ3v) is 3.35. The van der Waals surface area contributed by atoms with Gasteiger partial charge in [-0.15, -0.1) is 0 Å². The predicted octanol–water partition coefficient (Wildman–Crippen LogP) is 3.23. The van der Waals surface area contributed by atoms with E-state index < -0.39 is 17.0 Å². The number of carbonyl (C=O) groups is 1. The Kier molecular flexibility index (Phi) is 2.75. The molecule has 0 N–H and O–H groups in total. The highest BCUT2D eigenvalue weighted by atomic mass is 16.6. The Morgan fingerprint density at radius 2 is 1.85 bits per heavy atom. The van der Waals surface area contributed by atoms with Crippen LogP contribution in [0.4, 0.5) is 5.69 Å². The quantitative estimate of drug-likeness (QED) is 0.477. The number of hydrogen-bond donors (Lipinski definition) is 0. The topological polar surface area (TPSA) is 69.4 Å². The van der Waals surface area contributed by atoms with Crippen molar-refractivity contribution in [2.45, 2.75) is 13.0 Å². The van der Waals surface area contributed by atoms with Crippen molar-refractivity contribution in [1.29, 1.82) is 0 Å². The number of benzene rings is 2. The van der Waals surface area contributed by atoms with E-state index in [0.29, 0.717) is 5.56 Å². The van der Waals surface area contributed by atoms with Crippen LogP contribution in [0.2, 0.25) is 0 Å². The minimum absolute atomic E-state index is 0.00583. The molecule has 0 spiro atoms. The molecule has 0 radical (unpaired) electrons. The summed E-state index contributed by atoms with van der Waals surface area (Å²) in [5, 5.41) is 10.9. The molecule has 100 valence electrons. The van der Waals surface area contributed by atoms with E-state index in [1.807, 2.05) is 24.3 Å². The first-order valence-corrected chi connectivity index (χ1v) is 6.13. The van der Waals surface area contributed by atoms with Crippen LogP contribution in [0.5, 0.6) is 0 Å². The molecule has 0 saturated carbocycles. The second-order valence-corrected chi connectivity index (χ2v) is 4.61. The SMILES string of the molecule is CC(=O)O[C@H]1c2ccccc2-c2ccc([N+](=O)[O-])cc21. The highest BCUT2D eigenvalue weighted by molar-refractivity contribution is 5.80. The minimum atomic E-state index is -0.571. The van der Waals surface area contributed by atoms with Gasteiger partial charge >= 0.3 is 5.97 Å². The Morgan fingerprint density at radius 1 is 1.15 bits per heavy atom. The van der Waals surface area contributed by atoms with Gasteiger partial charge in [0.25, 0.3) is 5.69 Å². The number of fused-ring (bicyclic) bond motifs is 3. The molecule has 0 bridgehead atoms. The monoisotopic (exact) mass is 269 g/mol. The average Bonchev–Trinajstić information content (AvgIpc) is 2.73. The van der Waals surface area contributed by atoms with Crippen LogP contribution in [0.3, 0.4) is 0 Å². The molecule has 0 heterocycles. The summed E-state index contributed by atoms with van der Waals surface area (Å²) in [7, 11) is 0. The zero-order chi connectivity index (χ0) is 14.3. The summed E-state index contributed by atoms with van der Waals surface area (Å²) in [6.45, 7) is 1.33. The third-order valence-electron chi connectivity index (χ3n) is 3.35. The van der Waals surface area contributed by atoms with E-state index in [2.05, 4.69) is 0 Å². The van der Waals surface area contributed by atoms with Crippen LogP contribution < -0.4 is 0 Å². The number of carbonyl (C=O) groups excluding carboxylic acids is 1. The van der Waals surface area contributed by atoms with Crippen LogP contribution in [0.15, 0.2) is 42.5 Å². The van der Waals surface area contributed by atoms with Gasteiger partial charge in [0.2, 0.25) is 0 Å². The molecule has 5 nitrogen and oxygen atoms in total. The van der Waals surface area contributed by atoms with E-state index >= 15 is 0 Å². The van der Waals surface area contributed by atoms with Crippen LogP contribution in [-0.2, 0) is 9.53 Å². The lowest BCUT2D eigenvalue weighted by atomic mass is 10.1. The zero-order valence-electron chi connectivity index (χ0n) is 10.7. The van der Waals surface area contributed by atoms with Crippen LogP contribution in [0.25, 0.3) is 11.1 Å². The van der Waals surface area contributed by atoms with Gasteiger partial charge in [-0.3, -0.25) is 14.9 Å². The van der Waals surface area contributed by atoms with Gasteiger partial charge in [-0.1, -0.05) is 24.3 Å². The second kappa shape index (κ2) is 4.45. The molecule has 1 aliphatic rings. The summed E-state index contributed by atoms with van der Waals surface area (Å²) in [4.78, 5) is 21.7. The zero-order valence-corrected chi connectivity index (χ0v) is 10.7. The number of nitrogens with zero attached hydrogens (tertiary/aromatic N) is 1. The van der Waals surface area contributed by atoms with Gasteiger partial charge in [0.1, 0.15) is 0 Å². The molecule has 1 atom stereocenters. The summed E-state index contributed by atoms with van der Waals surface area (Å²) < 4.78 is 5.34. The maximum atomic E-state index is 11.3. The van der Waals surface area contributed by atoms with Crippen molar-refractivity contribution in [3.05, 3.63) is 63.7 Å².